The minimum atomic E-state index is -0.399. The van der Waals surface area contributed by atoms with Crippen molar-refractivity contribution < 1.29 is 9.47 Å². The van der Waals surface area contributed by atoms with Crippen LogP contribution in [0.5, 0.6) is 11.5 Å². The maximum atomic E-state index is 9.66. The molecule has 2 aliphatic heterocycles. The largest absolute Gasteiger partial charge is 0.489 e. The highest BCUT2D eigenvalue weighted by Gasteiger charge is 2.44. The van der Waals surface area contributed by atoms with E-state index in [0.29, 0.717) is 34.2 Å². The number of halogens is 2. The second kappa shape index (κ2) is 11.6. The van der Waals surface area contributed by atoms with Crippen molar-refractivity contribution >= 4 is 29.2 Å². The van der Waals surface area contributed by atoms with Crippen molar-refractivity contribution in [3.63, 3.8) is 0 Å². The fourth-order valence-electron chi connectivity index (χ4n) is 5.41. The van der Waals surface area contributed by atoms with Gasteiger partial charge in [-0.05, 0) is 67.4 Å². The highest BCUT2D eigenvalue weighted by atomic mass is 35.5. The predicted molar refractivity (Wildman–Crippen MR) is 154 cm³/mol. The van der Waals surface area contributed by atoms with Gasteiger partial charge in [0, 0.05) is 30.1 Å². The fourth-order valence-corrected chi connectivity index (χ4v) is 5.76. The first-order valence-corrected chi connectivity index (χ1v) is 14.2. The van der Waals surface area contributed by atoms with Crippen LogP contribution in [-0.2, 0) is 12.0 Å². The zero-order valence-corrected chi connectivity index (χ0v) is 23.9. The van der Waals surface area contributed by atoms with Gasteiger partial charge in [-0.3, -0.25) is 0 Å². The van der Waals surface area contributed by atoms with E-state index in [1.807, 2.05) is 48.7 Å². The molecule has 2 saturated heterocycles. The van der Waals surface area contributed by atoms with Gasteiger partial charge in [0.2, 0.25) is 5.95 Å². The van der Waals surface area contributed by atoms with Crippen molar-refractivity contribution in [3.05, 3.63) is 76.1 Å². The Hall–Kier alpha value is -3.05. The molecule has 0 radical (unpaired) electrons. The highest BCUT2D eigenvalue weighted by Crippen LogP contribution is 2.40. The van der Waals surface area contributed by atoms with Crippen LogP contribution >= 0.6 is 23.2 Å². The molecule has 1 spiro atoms. The van der Waals surface area contributed by atoms with Crippen LogP contribution in [-0.4, -0.2) is 48.6 Å². The third-order valence-corrected chi connectivity index (χ3v) is 8.31. The third kappa shape index (κ3) is 5.94. The number of aromatic nitrogens is 2. The van der Waals surface area contributed by atoms with Gasteiger partial charge in [-0.1, -0.05) is 37.6 Å². The van der Waals surface area contributed by atoms with E-state index < -0.39 is 5.41 Å². The number of piperidine rings is 1. The Morgan fingerprint density at radius 1 is 1.08 bits per heavy atom. The number of nitrogens with zero attached hydrogens (tertiary/aromatic N) is 4. The topological polar surface area (TPSA) is 83.3 Å². The van der Waals surface area contributed by atoms with E-state index in [1.165, 1.54) is 12.8 Å². The van der Waals surface area contributed by atoms with Gasteiger partial charge >= 0.3 is 0 Å². The van der Waals surface area contributed by atoms with Crippen molar-refractivity contribution in [2.75, 3.05) is 43.6 Å². The van der Waals surface area contributed by atoms with Gasteiger partial charge < -0.3 is 19.7 Å². The number of benzene rings is 2. The summed E-state index contributed by atoms with van der Waals surface area (Å²) in [5.74, 6) is 2.23. The van der Waals surface area contributed by atoms with Gasteiger partial charge in [0.15, 0.2) is 5.75 Å². The molecular weight excluding hydrogens is 533 g/mol. The average Bonchev–Trinajstić information content (AvgIpc) is 2.94. The van der Waals surface area contributed by atoms with Crippen molar-refractivity contribution in [2.45, 2.75) is 38.7 Å². The van der Waals surface area contributed by atoms with Gasteiger partial charge in [-0.15, -0.1) is 11.6 Å². The molecule has 2 aromatic carbocycles. The Morgan fingerprint density at radius 2 is 1.82 bits per heavy atom. The minimum absolute atomic E-state index is 0.285. The molecule has 0 amide bonds. The summed E-state index contributed by atoms with van der Waals surface area (Å²) in [6.07, 6.45) is 4.26. The molecule has 1 aromatic heterocycles. The Balaban J connectivity index is 1.23. The standard InChI is InChI=1S/C30H33Cl2N5O2/c1-29(2,23-15-21(17-33)27(26(32)16-23)38-14-10-31)22-3-5-25(6-4-22)39-18-24-7-11-35-28(36-24)37-19-30(20-37)8-12-34-13-9-30/h3-7,11,15-16,34H,8-10,12-14,18-20H2,1-2H3. The van der Waals surface area contributed by atoms with E-state index in [0.717, 1.165) is 54.7 Å². The molecule has 5 rings (SSSR count). The van der Waals surface area contributed by atoms with E-state index in [2.05, 4.69) is 35.1 Å². The van der Waals surface area contributed by atoms with E-state index in [4.69, 9.17) is 37.7 Å². The lowest BCUT2D eigenvalue weighted by molar-refractivity contribution is 0.148. The van der Waals surface area contributed by atoms with E-state index in [-0.39, 0.29) is 6.61 Å². The average molecular weight is 567 g/mol. The number of anilines is 1. The molecule has 3 heterocycles. The molecule has 2 fully saturated rings. The summed E-state index contributed by atoms with van der Waals surface area (Å²) in [7, 11) is 0. The van der Waals surface area contributed by atoms with Gasteiger partial charge in [-0.2, -0.15) is 5.26 Å². The number of hydrogen-bond donors (Lipinski definition) is 1. The number of alkyl halides is 1. The lowest BCUT2D eigenvalue weighted by Gasteiger charge is -2.52. The molecule has 7 nitrogen and oxygen atoms in total. The zero-order chi connectivity index (χ0) is 27.5. The van der Waals surface area contributed by atoms with Crippen molar-refractivity contribution in [1.82, 2.24) is 15.3 Å². The lowest BCUT2D eigenvalue weighted by Crippen LogP contribution is -2.60. The molecule has 2 aliphatic rings. The second-order valence-electron chi connectivity index (χ2n) is 10.9. The quantitative estimate of drug-likeness (QED) is 0.332. The zero-order valence-electron chi connectivity index (χ0n) is 22.3. The lowest BCUT2D eigenvalue weighted by atomic mass is 9.72. The maximum Gasteiger partial charge on any atom is 0.225 e. The molecule has 39 heavy (non-hydrogen) atoms. The SMILES string of the molecule is CC(C)(c1ccc(OCc2ccnc(N3CC4(CCNCC4)C3)n2)cc1)c1cc(Cl)c(OCCCl)c(C#N)c1. The van der Waals surface area contributed by atoms with Gasteiger partial charge in [0.1, 0.15) is 25.0 Å². The first kappa shape index (κ1) is 27.5. The Morgan fingerprint density at radius 3 is 2.51 bits per heavy atom. The smallest absolute Gasteiger partial charge is 0.225 e. The number of hydrogen-bond acceptors (Lipinski definition) is 7. The van der Waals surface area contributed by atoms with Crippen LogP contribution in [0.4, 0.5) is 5.95 Å². The second-order valence-corrected chi connectivity index (χ2v) is 11.7. The van der Waals surface area contributed by atoms with Crippen LogP contribution in [0.25, 0.3) is 0 Å². The summed E-state index contributed by atoms with van der Waals surface area (Å²) in [4.78, 5) is 11.5. The summed E-state index contributed by atoms with van der Waals surface area (Å²) in [5, 5.41) is 13.5. The molecule has 9 heteroatoms. The van der Waals surface area contributed by atoms with Crippen LogP contribution in [0, 0.1) is 16.7 Å². The summed E-state index contributed by atoms with van der Waals surface area (Å²) >= 11 is 12.2. The van der Waals surface area contributed by atoms with Gasteiger partial charge in [0.25, 0.3) is 0 Å². The molecule has 0 saturated carbocycles. The van der Waals surface area contributed by atoms with Crippen molar-refractivity contribution in [2.24, 2.45) is 5.41 Å². The molecule has 0 aliphatic carbocycles. The molecule has 0 bridgehead atoms. The first-order chi connectivity index (χ1) is 18.8. The normalized spacial score (nSPS) is 16.4. The Labute approximate surface area is 240 Å². The number of nitriles is 1. The maximum absolute atomic E-state index is 9.66. The monoisotopic (exact) mass is 565 g/mol. The van der Waals surface area contributed by atoms with Crippen LogP contribution in [0.3, 0.4) is 0 Å². The van der Waals surface area contributed by atoms with Crippen molar-refractivity contribution in [3.8, 4) is 17.6 Å². The molecule has 1 N–H and O–H groups in total. The summed E-state index contributed by atoms with van der Waals surface area (Å²) in [6, 6.07) is 15.8. The van der Waals surface area contributed by atoms with Crippen LogP contribution in [0.15, 0.2) is 48.7 Å². The summed E-state index contributed by atoms with van der Waals surface area (Å²) in [5.41, 5.74) is 3.26. The molecule has 3 aromatic rings. The van der Waals surface area contributed by atoms with Crippen molar-refractivity contribution in [1.29, 1.82) is 5.26 Å². The fraction of sp³-hybridized carbons (Fsp3) is 0.433. The van der Waals surface area contributed by atoms with E-state index in [9.17, 15) is 5.26 Å². The molecule has 204 valence electrons. The van der Waals surface area contributed by atoms with Crippen LogP contribution < -0.4 is 19.7 Å². The summed E-state index contributed by atoms with van der Waals surface area (Å²) < 4.78 is 11.7. The highest BCUT2D eigenvalue weighted by molar-refractivity contribution is 6.32. The Bertz CT molecular complexity index is 1340. The number of nitrogens with one attached hydrogen (secondary N) is 1. The molecule has 0 unspecified atom stereocenters. The molecular formula is C30H33Cl2N5O2. The van der Waals surface area contributed by atoms with Gasteiger partial charge in [0.05, 0.1) is 22.2 Å². The molecule has 0 atom stereocenters. The van der Waals surface area contributed by atoms with Gasteiger partial charge in [-0.25, -0.2) is 9.97 Å². The number of ether oxygens (including phenoxy) is 2. The first-order valence-electron chi connectivity index (χ1n) is 13.3. The van der Waals surface area contributed by atoms with E-state index >= 15 is 0 Å². The number of rotatable bonds is 9. The Kier molecular flexibility index (Phi) is 8.18. The van der Waals surface area contributed by atoms with Crippen LogP contribution in [0.1, 0.15) is 49.1 Å². The predicted octanol–water partition coefficient (Wildman–Crippen LogP) is 5.71. The summed E-state index contributed by atoms with van der Waals surface area (Å²) in [6.45, 7) is 9.11. The minimum Gasteiger partial charge on any atom is -0.489 e. The third-order valence-electron chi connectivity index (χ3n) is 7.87. The van der Waals surface area contributed by atoms with E-state index in [1.54, 1.807) is 0 Å². The van der Waals surface area contributed by atoms with Crippen LogP contribution in [0.2, 0.25) is 5.02 Å².